The number of hydrogen-bond donors (Lipinski definition) is 1. The Bertz CT molecular complexity index is 514. The number of carboxylic acid groups (broad SMARTS) is 1. The normalized spacial score (nSPS) is 23.3. The summed E-state index contributed by atoms with van der Waals surface area (Å²) in [4.78, 5) is 10.9. The van der Waals surface area contributed by atoms with E-state index in [1.54, 1.807) is 0 Å². The van der Waals surface area contributed by atoms with Crippen molar-refractivity contribution in [2.45, 2.75) is 51.4 Å². The summed E-state index contributed by atoms with van der Waals surface area (Å²) in [5.74, 6) is -3.98. The molecular formula is C17H21F3O2. The molecule has 122 valence electrons. The Morgan fingerprint density at radius 1 is 1.18 bits per heavy atom. The van der Waals surface area contributed by atoms with Crippen molar-refractivity contribution in [3.63, 3.8) is 0 Å². The van der Waals surface area contributed by atoms with Gasteiger partial charge in [0.2, 0.25) is 0 Å². The quantitative estimate of drug-likeness (QED) is 0.787. The molecule has 2 nitrogen and oxygen atoms in total. The molecule has 1 aromatic rings. The molecule has 0 aliphatic heterocycles. The first-order valence-electron chi connectivity index (χ1n) is 7.78. The van der Waals surface area contributed by atoms with Crippen molar-refractivity contribution in [1.29, 1.82) is 0 Å². The van der Waals surface area contributed by atoms with Crippen LogP contribution in [0.15, 0.2) is 12.1 Å². The van der Waals surface area contributed by atoms with Crippen molar-refractivity contribution in [3.05, 3.63) is 35.1 Å². The summed E-state index contributed by atoms with van der Waals surface area (Å²) in [6.07, 6.45) is 4.19. The van der Waals surface area contributed by atoms with E-state index in [0.29, 0.717) is 11.5 Å². The van der Waals surface area contributed by atoms with E-state index in [-0.39, 0.29) is 18.3 Å². The van der Waals surface area contributed by atoms with E-state index in [0.717, 1.165) is 44.2 Å². The third-order valence-electron chi connectivity index (χ3n) is 4.88. The number of aliphatic carboxylic acids is 1. The van der Waals surface area contributed by atoms with E-state index in [9.17, 15) is 18.0 Å². The topological polar surface area (TPSA) is 37.3 Å². The standard InChI is InChI=1S/C17H21F3O2/c1-2-10(9-16(21)22)11-3-5-12(6-4-11)13-7-14(18)17(20)15(19)8-13/h7-8,10-12H,2-6,9H2,1H3,(H,21,22). The second-order valence-electron chi connectivity index (χ2n) is 6.18. The minimum absolute atomic E-state index is 0.0168. The number of halogens is 3. The highest BCUT2D eigenvalue weighted by molar-refractivity contribution is 5.67. The molecule has 1 aliphatic carbocycles. The zero-order valence-corrected chi connectivity index (χ0v) is 12.6. The fourth-order valence-electron chi connectivity index (χ4n) is 3.60. The van der Waals surface area contributed by atoms with E-state index in [4.69, 9.17) is 5.11 Å². The molecule has 1 unspecified atom stereocenters. The number of benzene rings is 1. The van der Waals surface area contributed by atoms with Crippen LogP contribution < -0.4 is 0 Å². The molecule has 0 heterocycles. The Kier molecular flexibility index (Phi) is 5.48. The maximum atomic E-state index is 13.3. The van der Waals surface area contributed by atoms with Crippen LogP contribution >= 0.6 is 0 Å². The molecule has 1 saturated carbocycles. The minimum Gasteiger partial charge on any atom is -0.481 e. The van der Waals surface area contributed by atoms with Gasteiger partial charge in [-0.2, -0.15) is 0 Å². The van der Waals surface area contributed by atoms with Gasteiger partial charge in [0.1, 0.15) is 0 Å². The minimum atomic E-state index is -1.43. The lowest BCUT2D eigenvalue weighted by Gasteiger charge is -2.33. The average molecular weight is 314 g/mol. The van der Waals surface area contributed by atoms with Gasteiger partial charge in [-0.05, 0) is 61.1 Å². The molecule has 0 aromatic heterocycles. The van der Waals surface area contributed by atoms with Crippen LogP contribution in [0.25, 0.3) is 0 Å². The number of hydrogen-bond acceptors (Lipinski definition) is 1. The van der Waals surface area contributed by atoms with Crippen molar-refractivity contribution >= 4 is 5.97 Å². The van der Waals surface area contributed by atoms with Crippen LogP contribution in [-0.4, -0.2) is 11.1 Å². The van der Waals surface area contributed by atoms with Crippen LogP contribution in [0.5, 0.6) is 0 Å². The fraction of sp³-hybridized carbons (Fsp3) is 0.588. The molecule has 1 atom stereocenters. The molecule has 2 rings (SSSR count). The van der Waals surface area contributed by atoms with E-state index < -0.39 is 23.4 Å². The van der Waals surface area contributed by atoms with Crippen LogP contribution in [-0.2, 0) is 4.79 Å². The summed E-state index contributed by atoms with van der Waals surface area (Å²) in [6.45, 7) is 1.99. The molecule has 1 aromatic carbocycles. The molecule has 0 radical (unpaired) electrons. The van der Waals surface area contributed by atoms with E-state index in [1.807, 2.05) is 6.92 Å². The SMILES string of the molecule is CCC(CC(=O)O)C1CCC(c2cc(F)c(F)c(F)c2)CC1. The average Bonchev–Trinajstić information content (AvgIpc) is 2.50. The Labute approximate surface area is 128 Å². The number of rotatable bonds is 5. The predicted molar refractivity (Wildman–Crippen MR) is 77.0 cm³/mol. The molecule has 0 amide bonds. The summed E-state index contributed by atoms with van der Waals surface area (Å²) >= 11 is 0. The van der Waals surface area contributed by atoms with Gasteiger partial charge in [0.25, 0.3) is 0 Å². The molecule has 1 aliphatic rings. The molecule has 0 spiro atoms. The van der Waals surface area contributed by atoms with Crippen molar-refractivity contribution in [2.24, 2.45) is 11.8 Å². The molecule has 1 N–H and O–H groups in total. The first kappa shape index (κ1) is 16.8. The van der Waals surface area contributed by atoms with Crippen LogP contribution in [0.2, 0.25) is 0 Å². The lowest BCUT2D eigenvalue weighted by atomic mass is 9.72. The van der Waals surface area contributed by atoms with Crippen molar-refractivity contribution in [3.8, 4) is 0 Å². The molecule has 5 heteroatoms. The van der Waals surface area contributed by atoms with Crippen LogP contribution in [0, 0.1) is 29.3 Å². The highest BCUT2D eigenvalue weighted by atomic mass is 19.2. The van der Waals surface area contributed by atoms with Gasteiger partial charge < -0.3 is 5.11 Å². The summed E-state index contributed by atoms with van der Waals surface area (Å²) in [6, 6.07) is 2.16. The maximum Gasteiger partial charge on any atom is 0.303 e. The van der Waals surface area contributed by atoms with Crippen LogP contribution in [0.4, 0.5) is 13.2 Å². The second-order valence-corrected chi connectivity index (χ2v) is 6.18. The number of carboxylic acids is 1. The summed E-state index contributed by atoms with van der Waals surface area (Å²) in [5.41, 5.74) is 0.501. The zero-order chi connectivity index (χ0) is 16.3. The predicted octanol–water partition coefficient (Wildman–Crippen LogP) is 4.88. The summed E-state index contributed by atoms with van der Waals surface area (Å²) in [5, 5.41) is 8.94. The Balaban J connectivity index is 2.01. The summed E-state index contributed by atoms with van der Waals surface area (Å²) in [7, 11) is 0. The highest BCUT2D eigenvalue weighted by Crippen LogP contribution is 2.41. The summed E-state index contributed by atoms with van der Waals surface area (Å²) < 4.78 is 39.6. The monoisotopic (exact) mass is 314 g/mol. The Hall–Kier alpha value is -1.52. The molecule has 1 fully saturated rings. The third-order valence-corrected chi connectivity index (χ3v) is 4.88. The second kappa shape index (κ2) is 7.16. The van der Waals surface area contributed by atoms with Gasteiger partial charge >= 0.3 is 5.97 Å². The maximum absolute atomic E-state index is 13.3. The van der Waals surface area contributed by atoms with Crippen LogP contribution in [0.1, 0.15) is 56.9 Å². The molecular weight excluding hydrogens is 293 g/mol. The molecule has 0 saturated heterocycles. The van der Waals surface area contributed by atoms with E-state index >= 15 is 0 Å². The van der Waals surface area contributed by atoms with Gasteiger partial charge in [-0.3, -0.25) is 4.79 Å². The Morgan fingerprint density at radius 3 is 2.18 bits per heavy atom. The number of carbonyl (C=O) groups is 1. The largest absolute Gasteiger partial charge is 0.481 e. The van der Waals surface area contributed by atoms with Gasteiger partial charge in [0.05, 0.1) is 0 Å². The first-order valence-corrected chi connectivity index (χ1v) is 7.78. The van der Waals surface area contributed by atoms with E-state index in [1.165, 1.54) is 0 Å². The Morgan fingerprint density at radius 2 is 1.73 bits per heavy atom. The van der Waals surface area contributed by atoms with Crippen molar-refractivity contribution in [2.75, 3.05) is 0 Å². The first-order chi connectivity index (χ1) is 10.4. The smallest absolute Gasteiger partial charge is 0.303 e. The van der Waals surface area contributed by atoms with Crippen molar-refractivity contribution < 1.29 is 23.1 Å². The van der Waals surface area contributed by atoms with Gasteiger partial charge in [-0.15, -0.1) is 0 Å². The van der Waals surface area contributed by atoms with Gasteiger partial charge in [0.15, 0.2) is 17.5 Å². The van der Waals surface area contributed by atoms with E-state index in [2.05, 4.69) is 0 Å². The van der Waals surface area contributed by atoms with Gasteiger partial charge in [-0.25, -0.2) is 13.2 Å². The van der Waals surface area contributed by atoms with Crippen LogP contribution in [0.3, 0.4) is 0 Å². The lowest BCUT2D eigenvalue weighted by molar-refractivity contribution is -0.138. The highest BCUT2D eigenvalue weighted by Gasteiger charge is 2.29. The molecule has 0 bridgehead atoms. The fourth-order valence-corrected chi connectivity index (χ4v) is 3.60. The van der Waals surface area contributed by atoms with Crippen molar-refractivity contribution in [1.82, 2.24) is 0 Å². The zero-order valence-electron chi connectivity index (χ0n) is 12.6. The third kappa shape index (κ3) is 3.81. The molecule has 22 heavy (non-hydrogen) atoms. The van der Waals surface area contributed by atoms with Gasteiger partial charge in [-0.1, -0.05) is 13.3 Å². The van der Waals surface area contributed by atoms with Gasteiger partial charge in [0, 0.05) is 6.42 Å². The lowest BCUT2D eigenvalue weighted by Crippen LogP contribution is -2.23.